The van der Waals surface area contributed by atoms with E-state index in [1.165, 1.54) is 62.0 Å². The molecule has 134 valence electrons. The zero-order valence-electron chi connectivity index (χ0n) is 15.4. The molecule has 2 N–H and O–H groups in total. The molecular formula is C19H33N5. The number of hydrogen-bond donors (Lipinski definition) is 1. The van der Waals surface area contributed by atoms with E-state index in [1.807, 2.05) is 0 Å². The molecule has 1 aromatic heterocycles. The van der Waals surface area contributed by atoms with Gasteiger partial charge in [0.15, 0.2) is 0 Å². The standard InChI is InChI=1S/C19H33N5/c1-23(2)14-16(20)18-21-17-11-7-5-6-10-15(17)19(22-18)24-12-8-3-4-9-13-24/h16H,3-14,20H2,1-2H3. The lowest BCUT2D eigenvalue weighted by molar-refractivity contribution is 0.369. The topological polar surface area (TPSA) is 58.3 Å². The number of nitrogens with two attached hydrogens (primary N) is 1. The Balaban J connectivity index is 1.96. The molecule has 3 rings (SSSR count). The van der Waals surface area contributed by atoms with Crippen molar-refractivity contribution >= 4 is 5.82 Å². The fraction of sp³-hybridized carbons (Fsp3) is 0.789. The van der Waals surface area contributed by atoms with E-state index in [0.717, 1.165) is 38.3 Å². The lowest BCUT2D eigenvalue weighted by atomic mass is 10.1. The Morgan fingerprint density at radius 3 is 2.33 bits per heavy atom. The number of anilines is 1. The first-order valence-corrected chi connectivity index (χ1v) is 9.70. The molecule has 5 heteroatoms. The monoisotopic (exact) mass is 331 g/mol. The molecule has 0 aromatic carbocycles. The van der Waals surface area contributed by atoms with E-state index in [0.29, 0.717) is 0 Å². The Morgan fingerprint density at radius 2 is 1.62 bits per heavy atom. The average molecular weight is 332 g/mol. The summed E-state index contributed by atoms with van der Waals surface area (Å²) >= 11 is 0. The summed E-state index contributed by atoms with van der Waals surface area (Å²) in [6, 6.07) is -0.112. The van der Waals surface area contributed by atoms with Gasteiger partial charge in [0.1, 0.15) is 11.6 Å². The normalized spacial score (nSPS) is 20.4. The minimum Gasteiger partial charge on any atom is -0.356 e. The Hall–Kier alpha value is -1.20. The summed E-state index contributed by atoms with van der Waals surface area (Å²) in [5.74, 6) is 2.04. The quantitative estimate of drug-likeness (QED) is 0.860. The fourth-order valence-corrected chi connectivity index (χ4v) is 3.95. The highest BCUT2D eigenvalue weighted by Gasteiger charge is 2.23. The van der Waals surface area contributed by atoms with Crippen LogP contribution in [0.25, 0.3) is 0 Å². The Bertz CT molecular complexity index is 535. The van der Waals surface area contributed by atoms with E-state index in [2.05, 4.69) is 23.9 Å². The van der Waals surface area contributed by atoms with Crippen LogP contribution < -0.4 is 10.6 Å². The van der Waals surface area contributed by atoms with Gasteiger partial charge in [-0.2, -0.15) is 0 Å². The lowest BCUT2D eigenvalue weighted by Gasteiger charge is -2.27. The van der Waals surface area contributed by atoms with Crippen molar-refractivity contribution in [3.63, 3.8) is 0 Å². The van der Waals surface area contributed by atoms with Crippen molar-refractivity contribution in [3.8, 4) is 0 Å². The summed E-state index contributed by atoms with van der Waals surface area (Å²) in [7, 11) is 4.11. The summed E-state index contributed by atoms with van der Waals surface area (Å²) in [6.07, 6.45) is 11.3. The smallest absolute Gasteiger partial charge is 0.149 e. The van der Waals surface area contributed by atoms with Crippen molar-refractivity contribution in [3.05, 3.63) is 17.1 Å². The van der Waals surface area contributed by atoms with Gasteiger partial charge in [-0.3, -0.25) is 0 Å². The van der Waals surface area contributed by atoms with Crippen LogP contribution in [0.1, 0.15) is 68.1 Å². The van der Waals surface area contributed by atoms with Crippen LogP contribution in [0.5, 0.6) is 0 Å². The molecule has 2 aliphatic rings. The van der Waals surface area contributed by atoms with E-state index in [4.69, 9.17) is 15.7 Å². The van der Waals surface area contributed by atoms with Crippen molar-refractivity contribution in [2.45, 2.75) is 63.8 Å². The minimum atomic E-state index is -0.112. The maximum absolute atomic E-state index is 6.41. The van der Waals surface area contributed by atoms with Crippen LogP contribution in [0, 0.1) is 0 Å². The van der Waals surface area contributed by atoms with E-state index in [9.17, 15) is 0 Å². The van der Waals surface area contributed by atoms with E-state index in [1.54, 1.807) is 0 Å². The average Bonchev–Trinajstić information content (AvgIpc) is 2.95. The van der Waals surface area contributed by atoms with Crippen LogP contribution in [0.15, 0.2) is 0 Å². The predicted octanol–water partition coefficient (Wildman–Crippen LogP) is 2.69. The molecule has 0 radical (unpaired) electrons. The first kappa shape index (κ1) is 17.6. The first-order chi connectivity index (χ1) is 11.6. The maximum atomic E-state index is 6.41. The zero-order valence-corrected chi connectivity index (χ0v) is 15.4. The van der Waals surface area contributed by atoms with Gasteiger partial charge in [-0.1, -0.05) is 19.3 Å². The number of rotatable bonds is 4. The third-order valence-corrected chi connectivity index (χ3v) is 5.23. The number of nitrogens with zero attached hydrogens (tertiary/aromatic N) is 4. The summed E-state index contributed by atoms with van der Waals surface area (Å²) < 4.78 is 0. The molecule has 1 atom stereocenters. The molecule has 1 fully saturated rings. The van der Waals surface area contributed by atoms with Crippen LogP contribution in [0.3, 0.4) is 0 Å². The number of fused-ring (bicyclic) bond motifs is 1. The number of aryl methyl sites for hydroxylation is 1. The van der Waals surface area contributed by atoms with Crippen LogP contribution in [-0.2, 0) is 12.8 Å². The van der Waals surface area contributed by atoms with Gasteiger partial charge in [-0.15, -0.1) is 0 Å². The highest BCUT2D eigenvalue weighted by molar-refractivity contribution is 5.50. The molecule has 1 aromatic rings. The second-order valence-electron chi connectivity index (χ2n) is 7.66. The van der Waals surface area contributed by atoms with Gasteiger partial charge in [-0.25, -0.2) is 9.97 Å². The van der Waals surface area contributed by atoms with Crippen LogP contribution in [0.4, 0.5) is 5.82 Å². The van der Waals surface area contributed by atoms with Crippen LogP contribution >= 0.6 is 0 Å². The summed E-state index contributed by atoms with van der Waals surface area (Å²) in [6.45, 7) is 3.05. The predicted molar refractivity (Wildman–Crippen MR) is 99.5 cm³/mol. The van der Waals surface area contributed by atoms with Crippen molar-refractivity contribution < 1.29 is 0 Å². The summed E-state index contributed by atoms with van der Waals surface area (Å²) in [5.41, 5.74) is 9.09. The zero-order chi connectivity index (χ0) is 16.9. The lowest BCUT2D eigenvalue weighted by Crippen LogP contribution is -2.31. The molecule has 1 aliphatic heterocycles. The first-order valence-electron chi connectivity index (χ1n) is 9.70. The molecule has 0 spiro atoms. The van der Waals surface area contributed by atoms with Gasteiger partial charge < -0.3 is 15.5 Å². The van der Waals surface area contributed by atoms with E-state index in [-0.39, 0.29) is 6.04 Å². The Labute approximate surface area is 146 Å². The third-order valence-electron chi connectivity index (χ3n) is 5.23. The largest absolute Gasteiger partial charge is 0.356 e. The van der Waals surface area contributed by atoms with Crippen LogP contribution in [0.2, 0.25) is 0 Å². The SMILES string of the molecule is CN(C)CC(N)c1nc2c(c(N3CCCCCC3)n1)CCCCC2. The molecule has 5 nitrogen and oxygen atoms in total. The number of aromatic nitrogens is 2. The maximum Gasteiger partial charge on any atom is 0.149 e. The fourth-order valence-electron chi connectivity index (χ4n) is 3.95. The molecule has 0 bridgehead atoms. The number of likely N-dealkylation sites (N-methyl/N-ethyl adjacent to an activating group) is 1. The second kappa shape index (κ2) is 8.26. The second-order valence-corrected chi connectivity index (χ2v) is 7.66. The van der Waals surface area contributed by atoms with Crippen molar-refractivity contribution in [2.24, 2.45) is 5.73 Å². The highest BCUT2D eigenvalue weighted by atomic mass is 15.2. The molecule has 2 heterocycles. The van der Waals surface area contributed by atoms with E-state index >= 15 is 0 Å². The van der Waals surface area contributed by atoms with Gasteiger partial charge in [0.25, 0.3) is 0 Å². The van der Waals surface area contributed by atoms with Crippen molar-refractivity contribution in [1.82, 2.24) is 14.9 Å². The van der Waals surface area contributed by atoms with Gasteiger partial charge in [-0.05, 0) is 52.6 Å². The van der Waals surface area contributed by atoms with E-state index < -0.39 is 0 Å². The highest BCUT2D eigenvalue weighted by Crippen LogP contribution is 2.30. The van der Waals surface area contributed by atoms with Gasteiger partial charge in [0, 0.05) is 30.9 Å². The summed E-state index contributed by atoms with van der Waals surface area (Å²) in [5, 5.41) is 0. The molecule has 1 unspecified atom stereocenters. The van der Waals surface area contributed by atoms with Crippen molar-refractivity contribution in [1.29, 1.82) is 0 Å². The Morgan fingerprint density at radius 1 is 0.958 bits per heavy atom. The molecule has 0 amide bonds. The van der Waals surface area contributed by atoms with Gasteiger partial charge >= 0.3 is 0 Å². The summed E-state index contributed by atoms with van der Waals surface area (Å²) in [4.78, 5) is 14.6. The third kappa shape index (κ3) is 4.25. The molecule has 24 heavy (non-hydrogen) atoms. The van der Waals surface area contributed by atoms with Crippen LogP contribution in [-0.4, -0.2) is 48.6 Å². The van der Waals surface area contributed by atoms with Crippen molar-refractivity contribution in [2.75, 3.05) is 38.6 Å². The number of hydrogen-bond acceptors (Lipinski definition) is 5. The molecule has 1 saturated heterocycles. The van der Waals surface area contributed by atoms with Gasteiger partial charge in [0.2, 0.25) is 0 Å². The molecule has 1 aliphatic carbocycles. The van der Waals surface area contributed by atoms with Gasteiger partial charge in [0.05, 0.1) is 6.04 Å². The molecule has 0 saturated carbocycles. The minimum absolute atomic E-state index is 0.112. The molecular weight excluding hydrogens is 298 g/mol. The Kier molecular flexibility index (Phi) is 6.06.